The third-order valence-corrected chi connectivity index (χ3v) is 3.86. The molecule has 0 aliphatic rings. The molecule has 0 radical (unpaired) electrons. The largest absolute Gasteiger partial charge is 0.380 e. The first kappa shape index (κ1) is 17.8. The number of ketones is 1. The lowest BCUT2D eigenvalue weighted by Crippen LogP contribution is -2.45. The van der Waals surface area contributed by atoms with Crippen molar-refractivity contribution in [3.63, 3.8) is 0 Å². The third kappa shape index (κ3) is 3.67. The van der Waals surface area contributed by atoms with Gasteiger partial charge >= 0.3 is 0 Å². The van der Waals surface area contributed by atoms with Crippen LogP contribution in [0.5, 0.6) is 0 Å². The molecule has 0 bridgehead atoms. The lowest BCUT2D eigenvalue weighted by atomic mass is 9.88. The molecule has 0 saturated carbocycles. The predicted molar refractivity (Wildman–Crippen MR) is 81.8 cm³/mol. The van der Waals surface area contributed by atoms with Crippen LogP contribution in [0, 0.1) is 16.0 Å². The zero-order chi connectivity index (χ0) is 17.1. The number of Topliss-reactive ketones (excluding diaryl/α,β-unsaturated/α-hetero) is 1. The number of rotatable bonds is 6. The van der Waals surface area contributed by atoms with Crippen molar-refractivity contribution < 1.29 is 19.6 Å². The van der Waals surface area contributed by atoms with Crippen molar-refractivity contribution in [2.75, 3.05) is 5.32 Å². The Morgan fingerprint density at radius 2 is 2.05 bits per heavy atom. The van der Waals surface area contributed by atoms with Crippen LogP contribution in [-0.2, 0) is 4.79 Å². The van der Waals surface area contributed by atoms with E-state index in [4.69, 9.17) is 0 Å². The molecule has 120 valence electrons. The number of hydrogen-bond donors (Lipinski definition) is 2. The highest BCUT2D eigenvalue weighted by molar-refractivity contribution is 6.01. The summed E-state index contributed by atoms with van der Waals surface area (Å²) in [5.41, 5.74) is -1.76. The first-order valence-electron chi connectivity index (χ1n) is 6.94. The fraction of sp³-hybridized carbons (Fsp3) is 0.467. The van der Waals surface area contributed by atoms with E-state index in [1.807, 2.05) is 6.92 Å². The van der Waals surface area contributed by atoms with E-state index in [1.165, 1.54) is 26.0 Å². The lowest BCUT2D eigenvalue weighted by molar-refractivity contribution is -0.385. The van der Waals surface area contributed by atoms with E-state index in [0.717, 1.165) is 6.07 Å². The third-order valence-electron chi connectivity index (χ3n) is 3.86. The Balaban J connectivity index is 3.10. The minimum Gasteiger partial charge on any atom is -0.380 e. The molecule has 2 unspecified atom stereocenters. The average Bonchev–Trinajstić information content (AvgIpc) is 2.45. The van der Waals surface area contributed by atoms with Gasteiger partial charge in [0.05, 0.1) is 10.5 Å². The zero-order valence-electron chi connectivity index (χ0n) is 13.0. The van der Waals surface area contributed by atoms with Gasteiger partial charge in [0.15, 0.2) is 5.78 Å². The normalized spacial score (nSPS) is 14.8. The summed E-state index contributed by atoms with van der Waals surface area (Å²) in [6, 6.07) is 3.73. The number of anilines is 1. The molecule has 0 aromatic heterocycles. The fourth-order valence-corrected chi connectivity index (χ4v) is 1.93. The molecule has 1 amide bonds. The molecule has 0 heterocycles. The van der Waals surface area contributed by atoms with Crippen LogP contribution >= 0.6 is 0 Å². The zero-order valence-corrected chi connectivity index (χ0v) is 13.0. The van der Waals surface area contributed by atoms with Crippen LogP contribution in [0.3, 0.4) is 0 Å². The van der Waals surface area contributed by atoms with Gasteiger partial charge in [0, 0.05) is 11.8 Å². The van der Waals surface area contributed by atoms with E-state index in [2.05, 4.69) is 5.32 Å². The topological polar surface area (TPSA) is 110 Å². The summed E-state index contributed by atoms with van der Waals surface area (Å²) in [4.78, 5) is 33.9. The van der Waals surface area contributed by atoms with Crippen LogP contribution in [0.1, 0.15) is 44.5 Å². The summed E-state index contributed by atoms with van der Waals surface area (Å²) in [6.45, 7) is 6.22. The maximum absolute atomic E-state index is 12.2. The van der Waals surface area contributed by atoms with E-state index < -0.39 is 22.2 Å². The highest BCUT2D eigenvalue weighted by Gasteiger charge is 2.35. The van der Waals surface area contributed by atoms with Crippen LogP contribution in [0.25, 0.3) is 0 Å². The van der Waals surface area contributed by atoms with Crippen LogP contribution in [0.2, 0.25) is 0 Å². The van der Waals surface area contributed by atoms with Gasteiger partial charge < -0.3 is 10.4 Å². The summed E-state index contributed by atoms with van der Waals surface area (Å²) < 4.78 is 0. The van der Waals surface area contributed by atoms with Crippen molar-refractivity contribution in [2.24, 2.45) is 5.92 Å². The van der Waals surface area contributed by atoms with Gasteiger partial charge in [-0.15, -0.1) is 0 Å². The number of nitro benzene ring substituents is 1. The molecule has 7 heteroatoms. The second-order valence-electron chi connectivity index (χ2n) is 5.46. The number of benzene rings is 1. The number of amides is 1. The Morgan fingerprint density at radius 1 is 1.45 bits per heavy atom. The minimum atomic E-state index is -1.58. The molecule has 0 fully saturated rings. The monoisotopic (exact) mass is 308 g/mol. The second-order valence-corrected chi connectivity index (χ2v) is 5.46. The highest BCUT2D eigenvalue weighted by Crippen LogP contribution is 2.26. The van der Waals surface area contributed by atoms with Crippen LogP contribution in [0.4, 0.5) is 11.4 Å². The summed E-state index contributed by atoms with van der Waals surface area (Å²) in [7, 11) is 0. The maximum atomic E-state index is 12.2. The Labute approximate surface area is 128 Å². The van der Waals surface area contributed by atoms with Gasteiger partial charge in [-0.25, -0.2) is 0 Å². The average molecular weight is 308 g/mol. The van der Waals surface area contributed by atoms with E-state index in [9.17, 15) is 24.8 Å². The molecule has 1 aromatic rings. The summed E-state index contributed by atoms with van der Waals surface area (Å²) >= 11 is 0. The van der Waals surface area contributed by atoms with Gasteiger partial charge in [0.1, 0.15) is 5.60 Å². The summed E-state index contributed by atoms with van der Waals surface area (Å²) in [5.74, 6) is -1.36. The van der Waals surface area contributed by atoms with E-state index in [1.54, 1.807) is 6.92 Å². The predicted octanol–water partition coefficient (Wildman–Crippen LogP) is 2.53. The van der Waals surface area contributed by atoms with Crippen molar-refractivity contribution in [3.05, 3.63) is 33.9 Å². The highest BCUT2D eigenvalue weighted by atomic mass is 16.6. The molecule has 2 atom stereocenters. The molecule has 0 saturated heterocycles. The van der Waals surface area contributed by atoms with Gasteiger partial charge in [0.25, 0.3) is 11.6 Å². The van der Waals surface area contributed by atoms with E-state index >= 15 is 0 Å². The SMILES string of the molecule is CCC(C)C(C)(O)C(=O)Nc1ccc([N+](=O)[O-])c(C(C)=O)c1. The van der Waals surface area contributed by atoms with Crippen LogP contribution in [0.15, 0.2) is 18.2 Å². The lowest BCUT2D eigenvalue weighted by Gasteiger charge is -2.28. The Kier molecular flexibility index (Phi) is 5.38. The van der Waals surface area contributed by atoms with Crippen LogP contribution in [-0.4, -0.2) is 27.3 Å². The molecule has 1 rings (SSSR count). The Hall–Kier alpha value is -2.28. The number of carbonyl (C=O) groups excluding carboxylic acids is 2. The Morgan fingerprint density at radius 3 is 2.50 bits per heavy atom. The van der Waals surface area contributed by atoms with Gasteiger partial charge in [-0.1, -0.05) is 20.3 Å². The molecular weight excluding hydrogens is 288 g/mol. The molecule has 0 aliphatic heterocycles. The van der Waals surface area contributed by atoms with Gasteiger partial charge in [-0.2, -0.15) is 0 Å². The number of nitrogens with one attached hydrogen (secondary N) is 1. The molecule has 1 aromatic carbocycles. The first-order chi connectivity index (χ1) is 10.1. The van der Waals surface area contributed by atoms with Crippen molar-refractivity contribution in [1.29, 1.82) is 0 Å². The van der Waals surface area contributed by atoms with Crippen molar-refractivity contribution in [2.45, 2.75) is 39.7 Å². The Bertz CT molecular complexity index is 610. The number of hydrogen-bond acceptors (Lipinski definition) is 5. The van der Waals surface area contributed by atoms with Gasteiger partial charge in [0.2, 0.25) is 0 Å². The summed E-state index contributed by atoms with van der Waals surface area (Å²) in [6.07, 6.45) is 0.610. The molecular formula is C15H20N2O5. The molecule has 7 nitrogen and oxygen atoms in total. The molecule has 2 N–H and O–H groups in total. The van der Waals surface area contributed by atoms with E-state index in [0.29, 0.717) is 6.42 Å². The van der Waals surface area contributed by atoms with E-state index in [-0.39, 0.29) is 22.9 Å². The maximum Gasteiger partial charge on any atom is 0.280 e. The molecule has 22 heavy (non-hydrogen) atoms. The standard InChI is InChI=1S/C15H20N2O5/c1-5-9(2)15(4,20)14(19)16-11-6-7-13(17(21)22)12(8-11)10(3)18/h6-9,20H,5H2,1-4H3,(H,16,19). The van der Waals surface area contributed by atoms with Crippen molar-refractivity contribution in [3.8, 4) is 0 Å². The van der Waals surface area contributed by atoms with Crippen molar-refractivity contribution in [1.82, 2.24) is 0 Å². The summed E-state index contributed by atoms with van der Waals surface area (Å²) in [5, 5.41) is 23.6. The van der Waals surface area contributed by atoms with Gasteiger partial charge in [-0.3, -0.25) is 19.7 Å². The molecule has 0 aliphatic carbocycles. The molecule has 0 spiro atoms. The minimum absolute atomic E-state index is 0.0917. The van der Waals surface area contributed by atoms with Gasteiger partial charge in [-0.05, 0) is 31.9 Å². The van der Waals surface area contributed by atoms with Crippen LogP contribution < -0.4 is 5.32 Å². The smallest absolute Gasteiger partial charge is 0.280 e. The first-order valence-corrected chi connectivity index (χ1v) is 6.94. The number of nitro groups is 1. The number of nitrogens with zero attached hydrogens (tertiary/aromatic N) is 1. The number of carbonyl (C=O) groups is 2. The second kappa shape index (κ2) is 6.65. The fourth-order valence-electron chi connectivity index (χ4n) is 1.93. The number of aliphatic hydroxyl groups is 1. The van der Waals surface area contributed by atoms with Crippen molar-refractivity contribution >= 4 is 23.1 Å². The quantitative estimate of drug-likeness (QED) is 0.477.